The van der Waals surface area contributed by atoms with Crippen LogP contribution in [-0.2, 0) is 9.59 Å². The number of hydrogen-bond acceptors (Lipinski definition) is 3. The number of β-lactam (4-membered cyclic amide) rings is 1. The van der Waals surface area contributed by atoms with Crippen LogP contribution in [0.5, 0.6) is 0 Å². The van der Waals surface area contributed by atoms with Gasteiger partial charge < -0.3 is 10.0 Å². The van der Waals surface area contributed by atoms with Crippen molar-refractivity contribution in [2.24, 2.45) is 5.92 Å². The number of fused-ring (bicyclic) bond motifs is 1. The predicted molar refractivity (Wildman–Crippen MR) is 52.9 cm³/mol. The number of carbonyl (C=O) groups excluding carboxylic acids is 1. The van der Waals surface area contributed by atoms with Crippen molar-refractivity contribution < 1.29 is 14.7 Å². The smallest absolute Gasteiger partial charge is 0.327 e. The molecule has 2 unspecified atom stereocenters. The second kappa shape index (κ2) is 2.66. The van der Waals surface area contributed by atoms with Gasteiger partial charge in [-0.3, -0.25) is 4.79 Å². The van der Waals surface area contributed by atoms with E-state index in [1.807, 2.05) is 20.8 Å². The van der Waals surface area contributed by atoms with Crippen LogP contribution in [0.25, 0.3) is 0 Å². The summed E-state index contributed by atoms with van der Waals surface area (Å²) in [4.78, 5) is 24.1. The fourth-order valence-electron chi connectivity index (χ4n) is 2.20. The van der Waals surface area contributed by atoms with Gasteiger partial charge in [-0.05, 0) is 13.8 Å². The van der Waals surface area contributed by atoms with Gasteiger partial charge in [-0.1, -0.05) is 6.92 Å². The predicted octanol–water partition coefficient (Wildman–Crippen LogP) is 0.769. The SMILES string of the molecule is CC1C(=O)N2C1SC(C)(C)[C@@H]2C(=O)O. The van der Waals surface area contributed by atoms with Crippen LogP contribution in [0.4, 0.5) is 0 Å². The summed E-state index contributed by atoms with van der Waals surface area (Å²) in [5.74, 6) is -0.950. The Morgan fingerprint density at radius 1 is 1.57 bits per heavy atom. The topological polar surface area (TPSA) is 57.6 Å². The number of hydrogen-bond donors (Lipinski definition) is 1. The van der Waals surface area contributed by atoms with Gasteiger partial charge in [-0.15, -0.1) is 11.8 Å². The molecule has 78 valence electrons. The first-order valence-corrected chi connectivity index (χ1v) is 5.47. The van der Waals surface area contributed by atoms with E-state index < -0.39 is 12.0 Å². The lowest BCUT2D eigenvalue weighted by molar-refractivity contribution is -0.162. The first kappa shape index (κ1) is 9.83. The van der Waals surface area contributed by atoms with Crippen LogP contribution < -0.4 is 0 Å². The zero-order valence-electron chi connectivity index (χ0n) is 8.35. The third kappa shape index (κ3) is 1.02. The van der Waals surface area contributed by atoms with Crippen LogP contribution in [0.3, 0.4) is 0 Å². The van der Waals surface area contributed by atoms with Crippen molar-refractivity contribution in [3.05, 3.63) is 0 Å². The molecule has 2 saturated heterocycles. The Kier molecular flexibility index (Phi) is 1.86. The molecule has 0 saturated carbocycles. The van der Waals surface area contributed by atoms with Crippen LogP contribution >= 0.6 is 11.8 Å². The summed E-state index contributed by atoms with van der Waals surface area (Å²) in [5.41, 5.74) is 0. The maximum atomic E-state index is 11.5. The summed E-state index contributed by atoms with van der Waals surface area (Å²) < 4.78 is -0.378. The Balaban J connectivity index is 2.32. The molecule has 5 heteroatoms. The zero-order chi connectivity index (χ0) is 10.7. The Morgan fingerprint density at radius 3 is 2.64 bits per heavy atom. The fraction of sp³-hybridized carbons (Fsp3) is 0.778. The minimum Gasteiger partial charge on any atom is -0.480 e. The second-order valence-corrected chi connectivity index (χ2v) is 6.16. The van der Waals surface area contributed by atoms with Crippen molar-refractivity contribution in [2.75, 3.05) is 0 Å². The number of aliphatic carboxylic acids is 1. The van der Waals surface area contributed by atoms with E-state index in [0.29, 0.717) is 0 Å². The molecule has 0 bridgehead atoms. The molecule has 1 amide bonds. The molecule has 0 aromatic heterocycles. The van der Waals surface area contributed by atoms with E-state index in [-0.39, 0.29) is 21.9 Å². The molecule has 14 heavy (non-hydrogen) atoms. The summed E-state index contributed by atoms with van der Waals surface area (Å²) in [6, 6.07) is -0.666. The molecule has 2 aliphatic rings. The van der Waals surface area contributed by atoms with Crippen molar-refractivity contribution >= 4 is 23.6 Å². The Labute approximate surface area is 86.6 Å². The fourth-order valence-corrected chi connectivity index (χ4v) is 3.83. The molecule has 2 fully saturated rings. The average molecular weight is 215 g/mol. The maximum absolute atomic E-state index is 11.5. The molecule has 0 radical (unpaired) electrons. The summed E-state index contributed by atoms with van der Waals surface area (Å²) >= 11 is 1.59. The number of amides is 1. The van der Waals surface area contributed by atoms with E-state index in [9.17, 15) is 9.59 Å². The van der Waals surface area contributed by atoms with Gasteiger partial charge in [0.05, 0.1) is 11.3 Å². The zero-order valence-corrected chi connectivity index (χ0v) is 9.17. The highest BCUT2D eigenvalue weighted by molar-refractivity contribution is 8.01. The molecule has 2 rings (SSSR count). The van der Waals surface area contributed by atoms with E-state index >= 15 is 0 Å². The maximum Gasteiger partial charge on any atom is 0.327 e. The first-order chi connectivity index (χ1) is 6.36. The van der Waals surface area contributed by atoms with Crippen LogP contribution in [0.1, 0.15) is 20.8 Å². The summed E-state index contributed by atoms with van der Waals surface area (Å²) in [6.07, 6.45) is 0. The molecule has 4 nitrogen and oxygen atoms in total. The molecular weight excluding hydrogens is 202 g/mol. The highest BCUT2D eigenvalue weighted by atomic mass is 32.2. The molecule has 3 atom stereocenters. The van der Waals surface area contributed by atoms with Crippen LogP contribution in [0.2, 0.25) is 0 Å². The van der Waals surface area contributed by atoms with Gasteiger partial charge >= 0.3 is 5.97 Å². The Morgan fingerprint density at radius 2 is 2.14 bits per heavy atom. The van der Waals surface area contributed by atoms with E-state index in [2.05, 4.69) is 0 Å². The van der Waals surface area contributed by atoms with Gasteiger partial charge in [0.1, 0.15) is 6.04 Å². The van der Waals surface area contributed by atoms with Crippen molar-refractivity contribution in [3.63, 3.8) is 0 Å². The van der Waals surface area contributed by atoms with E-state index in [0.717, 1.165) is 0 Å². The summed E-state index contributed by atoms with van der Waals surface area (Å²) in [5, 5.41) is 9.14. The lowest BCUT2D eigenvalue weighted by Gasteiger charge is -2.41. The summed E-state index contributed by atoms with van der Waals surface area (Å²) in [6.45, 7) is 5.63. The molecular formula is C9H13NO3S. The van der Waals surface area contributed by atoms with Gasteiger partial charge in [0.2, 0.25) is 5.91 Å². The summed E-state index contributed by atoms with van der Waals surface area (Å²) in [7, 11) is 0. The molecule has 0 aliphatic carbocycles. The molecule has 2 heterocycles. The number of carboxylic acid groups (broad SMARTS) is 1. The first-order valence-electron chi connectivity index (χ1n) is 4.59. The lowest BCUT2D eigenvalue weighted by atomic mass is 9.93. The van der Waals surface area contributed by atoms with Crippen molar-refractivity contribution in [2.45, 2.75) is 36.9 Å². The highest BCUT2D eigenvalue weighted by Gasteiger charge is 2.62. The number of carbonyl (C=O) groups is 2. The molecule has 2 aliphatic heterocycles. The Hall–Kier alpha value is -0.710. The number of thioether (sulfide) groups is 1. The van der Waals surface area contributed by atoms with E-state index in [1.54, 1.807) is 11.8 Å². The Bertz CT molecular complexity index is 315. The van der Waals surface area contributed by atoms with Crippen LogP contribution in [0, 0.1) is 5.92 Å². The normalized spacial score (nSPS) is 39.2. The van der Waals surface area contributed by atoms with Gasteiger partial charge in [0.15, 0.2) is 0 Å². The second-order valence-electron chi connectivity index (χ2n) is 4.39. The quantitative estimate of drug-likeness (QED) is 0.656. The van der Waals surface area contributed by atoms with Crippen LogP contribution in [0.15, 0.2) is 0 Å². The number of rotatable bonds is 1. The third-order valence-corrected chi connectivity index (χ3v) is 4.65. The van der Waals surface area contributed by atoms with Gasteiger partial charge in [-0.25, -0.2) is 4.79 Å². The van der Waals surface area contributed by atoms with E-state index in [1.165, 1.54) is 4.90 Å². The number of carboxylic acids is 1. The lowest BCUT2D eigenvalue weighted by Crippen LogP contribution is -2.61. The van der Waals surface area contributed by atoms with Gasteiger partial charge in [0, 0.05) is 4.75 Å². The minimum absolute atomic E-state index is 0.0244. The van der Waals surface area contributed by atoms with Crippen LogP contribution in [-0.4, -0.2) is 38.0 Å². The third-order valence-electron chi connectivity index (χ3n) is 2.94. The van der Waals surface area contributed by atoms with E-state index in [4.69, 9.17) is 5.11 Å². The average Bonchev–Trinajstić information content (AvgIpc) is 2.34. The van der Waals surface area contributed by atoms with Crippen molar-refractivity contribution in [1.29, 1.82) is 0 Å². The van der Waals surface area contributed by atoms with Gasteiger partial charge in [-0.2, -0.15) is 0 Å². The van der Waals surface area contributed by atoms with Crippen molar-refractivity contribution in [1.82, 2.24) is 4.90 Å². The monoisotopic (exact) mass is 215 g/mol. The van der Waals surface area contributed by atoms with Gasteiger partial charge in [0.25, 0.3) is 0 Å². The molecule has 0 aromatic carbocycles. The number of nitrogens with zero attached hydrogens (tertiary/aromatic N) is 1. The standard InChI is InChI=1S/C9H13NO3S/c1-4-6(11)10-5(8(12)13)9(2,3)14-7(4)10/h4-5,7H,1-3H3,(H,12,13)/t4?,5-,7?/m0/s1. The van der Waals surface area contributed by atoms with Crippen molar-refractivity contribution in [3.8, 4) is 0 Å². The molecule has 0 aromatic rings. The molecule has 1 N–H and O–H groups in total. The largest absolute Gasteiger partial charge is 0.480 e. The molecule has 0 spiro atoms. The minimum atomic E-state index is -0.898. The highest BCUT2D eigenvalue weighted by Crippen LogP contribution is 2.52.